The number of hydrogen-bond donors (Lipinski definition) is 3. The van der Waals surface area contributed by atoms with Gasteiger partial charge in [0.1, 0.15) is 11.8 Å². The fourth-order valence-electron chi connectivity index (χ4n) is 2.64. The molecule has 0 aromatic heterocycles. The lowest BCUT2D eigenvalue weighted by Gasteiger charge is -2.24. The monoisotopic (exact) mass is 363 g/mol. The van der Waals surface area contributed by atoms with Gasteiger partial charge in [-0.05, 0) is 43.2 Å². The zero-order chi connectivity index (χ0) is 18.6. The van der Waals surface area contributed by atoms with Gasteiger partial charge in [-0.25, -0.2) is 8.42 Å². The summed E-state index contributed by atoms with van der Waals surface area (Å²) in [4.78, 5) is 11.7. The van der Waals surface area contributed by atoms with E-state index in [0.717, 1.165) is 5.56 Å². The highest BCUT2D eigenvalue weighted by atomic mass is 32.2. The molecule has 0 heterocycles. The third kappa shape index (κ3) is 4.58. The van der Waals surface area contributed by atoms with Gasteiger partial charge in [-0.3, -0.25) is 4.79 Å². The van der Waals surface area contributed by atoms with E-state index in [1.165, 1.54) is 24.3 Å². The molecule has 0 spiro atoms. The highest BCUT2D eigenvalue weighted by molar-refractivity contribution is 7.89. The Morgan fingerprint density at radius 2 is 1.64 bits per heavy atom. The number of carboxylic acid groups (broad SMARTS) is 1. The van der Waals surface area contributed by atoms with Crippen LogP contribution in [-0.4, -0.2) is 30.6 Å². The molecule has 6 nitrogen and oxygen atoms in total. The van der Waals surface area contributed by atoms with E-state index in [1.54, 1.807) is 31.2 Å². The van der Waals surface area contributed by atoms with Crippen molar-refractivity contribution in [3.05, 3.63) is 59.7 Å². The first-order chi connectivity index (χ1) is 11.7. The van der Waals surface area contributed by atoms with Gasteiger partial charge in [0.05, 0.1) is 4.90 Å². The minimum absolute atomic E-state index is 0.0184. The van der Waals surface area contributed by atoms with Crippen LogP contribution in [0.5, 0.6) is 5.75 Å². The number of aliphatic carboxylic acids is 1. The van der Waals surface area contributed by atoms with Crippen molar-refractivity contribution in [3.63, 3.8) is 0 Å². The molecule has 0 aliphatic carbocycles. The molecule has 2 rings (SSSR count). The molecule has 3 N–H and O–H groups in total. The number of benzene rings is 2. The Bertz CT molecular complexity index is 829. The second kappa shape index (κ2) is 7.67. The minimum Gasteiger partial charge on any atom is -0.508 e. The fourth-order valence-corrected chi connectivity index (χ4v) is 3.87. The molecular weight excluding hydrogens is 342 g/mol. The highest BCUT2D eigenvalue weighted by Crippen LogP contribution is 2.26. The molecule has 7 heteroatoms. The van der Waals surface area contributed by atoms with Crippen molar-refractivity contribution in [1.82, 2.24) is 4.72 Å². The first-order valence-corrected chi connectivity index (χ1v) is 9.33. The standard InChI is InChI=1S/C18H21NO5S/c1-3-16(13-6-8-14(20)9-7-13)17(18(21)22)19-25(23,24)15-10-4-12(2)5-11-15/h4-11,16-17,19-20H,3H2,1-2H3,(H,21,22). The molecule has 0 bridgehead atoms. The number of sulfonamides is 1. The SMILES string of the molecule is CCC(c1ccc(O)cc1)C(NS(=O)(=O)c1ccc(C)cc1)C(=O)O. The Morgan fingerprint density at radius 3 is 2.12 bits per heavy atom. The average molecular weight is 363 g/mol. The van der Waals surface area contributed by atoms with E-state index in [1.807, 2.05) is 6.92 Å². The molecule has 2 aromatic carbocycles. The highest BCUT2D eigenvalue weighted by Gasteiger charge is 2.32. The smallest absolute Gasteiger partial charge is 0.322 e. The van der Waals surface area contributed by atoms with Crippen LogP contribution in [0.2, 0.25) is 0 Å². The van der Waals surface area contributed by atoms with Crippen LogP contribution in [0.25, 0.3) is 0 Å². The number of aromatic hydroxyl groups is 1. The molecule has 2 aromatic rings. The van der Waals surface area contributed by atoms with Crippen LogP contribution in [0.15, 0.2) is 53.4 Å². The Kier molecular flexibility index (Phi) is 5.81. The summed E-state index contributed by atoms with van der Waals surface area (Å²) in [6, 6.07) is 11.0. The summed E-state index contributed by atoms with van der Waals surface area (Å²) in [5, 5.41) is 19.0. The van der Waals surface area contributed by atoms with Gasteiger partial charge >= 0.3 is 5.97 Å². The van der Waals surface area contributed by atoms with Crippen molar-refractivity contribution in [1.29, 1.82) is 0 Å². The van der Waals surface area contributed by atoms with Gasteiger partial charge < -0.3 is 10.2 Å². The first kappa shape index (κ1) is 19.0. The minimum atomic E-state index is -3.97. The van der Waals surface area contributed by atoms with E-state index in [-0.39, 0.29) is 10.6 Å². The van der Waals surface area contributed by atoms with E-state index < -0.39 is 28.0 Å². The van der Waals surface area contributed by atoms with Crippen molar-refractivity contribution in [3.8, 4) is 5.75 Å². The maximum Gasteiger partial charge on any atom is 0.322 e. The number of aryl methyl sites for hydroxylation is 1. The molecule has 0 fully saturated rings. The molecule has 0 saturated carbocycles. The third-order valence-corrected chi connectivity index (χ3v) is 5.50. The Morgan fingerprint density at radius 1 is 1.08 bits per heavy atom. The van der Waals surface area contributed by atoms with E-state index in [2.05, 4.69) is 4.72 Å². The molecule has 0 aliphatic rings. The summed E-state index contributed by atoms with van der Waals surface area (Å²) in [7, 11) is -3.97. The van der Waals surface area contributed by atoms with Crippen LogP contribution in [0.3, 0.4) is 0 Å². The lowest BCUT2D eigenvalue weighted by atomic mass is 9.89. The van der Waals surface area contributed by atoms with Gasteiger partial charge in [0.25, 0.3) is 0 Å². The number of phenols is 1. The van der Waals surface area contributed by atoms with Crippen molar-refractivity contribution >= 4 is 16.0 Å². The predicted octanol–water partition coefficient (Wildman–Crippen LogP) is 2.63. The second-order valence-corrected chi connectivity index (χ2v) is 7.57. The quantitative estimate of drug-likeness (QED) is 0.701. The summed E-state index contributed by atoms with van der Waals surface area (Å²) in [5.74, 6) is -1.76. The van der Waals surface area contributed by atoms with Crippen LogP contribution >= 0.6 is 0 Å². The normalized spacial score (nSPS) is 14.0. The topological polar surface area (TPSA) is 104 Å². The number of hydrogen-bond acceptors (Lipinski definition) is 4. The molecule has 25 heavy (non-hydrogen) atoms. The number of carbonyl (C=O) groups is 1. The molecule has 134 valence electrons. The summed E-state index contributed by atoms with van der Waals surface area (Å²) < 4.78 is 27.4. The van der Waals surface area contributed by atoms with E-state index >= 15 is 0 Å². The maximum absolute atomic E-state index is 12.5. The van der Waals surface area contributed by atoms with Crippen LogP contribution in [-0.2, 0) is 14.8 Å². The molecule has 2 atom stereocenters. The van der Waals surface area contributed by atoms with Gasteiger partial charge in [-0.1, -0.05) is 36.8 Å². The van der Waals surface area contributed by atoms with Crippen LogP contribution < -0.4 is 4.72 Å². The van der Waals surface area contributed by atoms with Crippen molar-refractivity contribution in [2.75, 3.05) is 0 Å². The van der Waals surface area contributed by atoms with Crippen molar-refractivity contribution < 1.29 is 23.4 Å². The molecular formula is C18H21NO5S. The second-order valence-electron chi connectivity index (χ2n) is 5.86. The van der Waals surface area contributed by atoms with Gasteiger partial charge in [0, 0.05) is 5.92 Å². The lowest BCUT2D eigenvalue weighted by molar-refractivity contribution is -0.139. The van der Waals surface area contributed by atoms with Crippen LogP contribution in [0, 0.1) is 6.92 Å². The van der Waals surface area contributed by atoms with Gasteiger partial charge in [-0.15, -0.1) is 0 Å². The zero-order valence-corrected chi connectivity index (χ0v) is 14.8. The number of phenolic OH excluding ortho intramolecular Hbond substituents is 1. The van der Waals surface area contributed by atoms with Crippen LogP contribution in [0.4, 0.5) is 0 Å². The van der Waals surface area contributed by atoms with E-state index in [9.17, 15) is 23.4 Å². The third-order valence-electron chi connectivity index (χ3n) is 4.04. The van der Waals surface area contributed by atoms with Crippen molar-refractivity contribution in [2.45, 2.75) is 37.1 Å². The first-order valence-electron chi connectivity index (χ1n) is 7.85. The summed E-state index contributed by atoms with van der Waals surface area (Å²) >= 11 is 0. The summed E-state index contributed by atoms with van der Waals surface area (Å²) in [5.41, 5.74) is 1.54. The Labute approximate surface area is 147 Å². The number of carboxylic acids is 1. The molecule has 2 unspecified atom stereocenters. The van der Waals surface area contributed by atoms with Gasteiger partial charge in [-0.2, -0.15) is 4.72 Å². The molecule has 0 radical (unpaired) electrons. The molecule has 0 saturated heterocycles. The van der Waals surface area contributed by atoms with Crippen LogP contribution in [0.1, 0.15) is 30.4 Å². The summed E-state index contributed by atoms with van der Waals surface area (Å²) in [6.07, 6.45) is 0.415. The van der Waals surface area contributed by atoms with E-state index in [0.29, 0.717) is 12.0 Å². The van der Waals surface area contributed by atoms with Gasteiger partial charge in [0.15, 0.2) is 0 Å². The largest absolute Gasteiger partial charge is 0.508 e. The summed E-state index contributed by atoms with van der Waals surface area (Å²) in [6.45, 7) is 3.62. The molecule has 0 amide bonds. The molecule has 0 aliphatic heterocycles. The Balaban J connectivity index is 2.34. The number of rotatable bonds is 7. The fraction of sp³-hybridized carbons (Fsp3) is 0.278. The zero-order valence-electron chi connectivity index (χ0n) is 14.0. The average Bonchev–Trinajstić information content (AvgIpc) is 2.56. The van der Waals surface area contributed by atoms with Crippen molar-refractivity contribution in [2.24, 2.45) is 0 Å². The maximum atomic E-state index is 12.5. The van der Waals surface area contributed by atoms with Gasteiger partial charge in [0.2, 0.25) is 10.0 Å². The number of nitrogens with one attached hydrogen (secondary N) is 1. The predicted molar refractivity (Wildman–Crippen MR) is 94.1 cm³/mol. The lowest BCUT2D eigenvalue weighted by Crippen LogP contribution is -2.44. The Hall–Kier alpha value is -2.38. The van der Waals surface area contributed by atoms with E-state index in [4.69, 9.17) is 0 Å².